The highest BCUT2D eigenvalue weighted by atomic mass is 35.5. The van der Waals surface area contributed by atoms with Crippen LogP contribution in [0.2, 0.25) is 0 Å². The minimum Gasteiger partial charge on any atom is -0.508 e. The molecule has 146 valence electrons. The van der Waals surface area contributed by atoms with Crippen molar-refractivity contribution in [3.63, 3.8) is 0 Å². The largest absolute Gasteiger partial charge is 0.508 e. The van der Waals surface area contributed by atoms with Gasteiger partial charge in [-0.3, -0.25) is 14.7 Å². The van der Waals surface area contributed by atoms with Gasteiger partial charge in [-0.05, 0) is 24.1 Å². The van der Waals surface area contributed by atoms with Gasteiger partial charge in [0.05, 0.1) is 13.0 Å². The molecular formula is C18H23ClN4O4. The zero-order chi connectivity index (χ0) is 18.5. The lowest BCUT2D eigenvalue weighted by atomic mass is 9.99. The summed E-state index contributed by atoms with van der Waals surface area (Å²) in [5, 5.41) is 22.4. The molecule has 8 nitrogen and oxygen atoms in total. The molecule has 1 unspecified atom stereocenters. The highest BCUT2D eigenvalue weighted by molar-refractivity contribution is 5.94. The average molecular weight is 395 g/mol. The first-order valence-corrected chi connectivity index (χ1v) is 8.49. The number of benzene rings is 1. The molecule has 0 radical (unpaired) electrons. The van der Waals surface area contributed by atoms with Crippen molar-refractivity contribution in [2.75, 3.05) is 20.2 Å². The molecule has 0 fully saturated rings. The average Bonchev–Trinajstić information content (AvgIpc) is 3.10. The van der Waals surface area contributed by atoms with E-state index in [0.717, 1.165) is 29.8 Å². The number of aromatic hydroxyl groups is 1. The normalized spacial score (nSPS) is 13.8. The minimum atomic E-state index is -0.526. The molecule has 2 heterocycles. The molecule has 1 aliphatic heterocycles. The highest BCUT2D eigenvalue weighted by Gasteiger charge is 2.24. The fourth-order valence-electron chi connectivity index (χ4n) is 3.03. The van der Waals surface area contributed by atoms with Gasteiger partial charge < -0.3 is 20.5 Å². The Morgan fingerprint density at radius 2 is 2.07 bits per heavy atom. The number of rotatable bonds is 6. The van der Waals surface area contributed by atoms with Crippen molar-refractivity contribution in [3.05, 3.63) is 46.8 Å². The number of H-pyrrole nitrogens is 1. The van der Waals surface area contributed by atoms with Crippen molar-refractivity contribution in [2.45, 2.75) is 19.4 Å². The van der Waals surface area contributed by atoms with Gasteiger partial charge in [0.2, 0.25) is 0 Å². The number of esters is 1. The van der Waals surface area contributed by atoms with E-state index in [9.17, 15) is 14.7 Å². The van der Waals surface area contributed by atoms with Gasteiger partial charge in [0.15, 0.2) is 5.69 Å². The van der Waals surface area contributed by atoms with Crippen LogP contribution in [0.4, 0.5) is 0 Å². The number of hydrogen-bond donors (Lipinski definition) is 4. The van der Waals surface area contributed by atoms with Crippen LogP contribution in [-0.4, -0.2) is 47.4 Å². The molecular weight excluding hydrogens is 372 g/mol. The zero-order valence-corrected chi connectivity index (χ0v) is 15.8. The maximum absolute atomic E-state index is 12.5. The summed E-state index contributed by atoms with van der Waals surface area (Å²) in [4.78, 5) is 24.5. The van der Waals surface area contributed by atoms with Crippen LogP contribution in [0.25, 0.3) is 0 Å². The molecule has 1 amide bonds. The van der Waals surface area contributed by atoms with Gasteiger partial charge in [0.25, 0.3) is 5.91 Å². The molecule has 1 aromatic carbocycles. The van der Waals surface area contributed by atoms with Crippen molar-refractivity contribution in [1.29, 1.82) is 0 Å². The van der Waals surface area contributed by atoms with Crippen LogP contribution in [0.15, 0.2) is 24.3 Å². The summed E-state index contributed by atoms with van der Waals surface area (Å²) in [5.41, 5.74) is 3.08. The van der Waals surface area contributed by atoms with Gasteiger partial charge in [-0.1, -0.05) is 12.1 Å². The van der Waals surface area contributed by atoms with E-state index in [4.69, 9.17) is 4.74 Å². The standard InChI is InChI=1S/C18H22N4O4.ClH/c1-26-18(25)12(8-11-2-4-13(23)5-3-11)9-20-17(24)16-14-10-19-7-6-15(14)21-22-16;/h2-5,12,19,23H,6-10H2,1H3,(H,20,24)(H,21,22);1H. The number of ether oxygens (including phenoxy) is 1. The highest BCUT2D eigenvalue weighted by Crippen LogP contribution is 2.17. The van der Waals surface area contributed by atoms with Crippen molar-refractivity contribution >= 4 is 24.3 Å². The topological polar surface area (TPSA) is 116 Å². The molecule has 3 rings (SSSR count). The van der Waals surface area contributed by atoms with E-state index in [0.29, 0.717) is 18.7 Å². The van der Waals surface area contributed by atoms with Crippen molar-refractivity contribution in [3.8, 4) is 5.75 Å². The molecule has 0 bridgehead atoms. The van der Waals surface area contributed by atoms with Gasteiger partial charge in [0, 0.05) is 37.3 Å². The Labute approximate surface area is 163 Å². The van der Waals surface area contributed by atoms with E-state index in [-0.39, 0.29) is 30.6 Å². The van der Waals surface area contributed by atoms with E-state index in [2.05, 4.69) is 20.8 Å². The summed E-state index contributed by atoms with van der Waals surface area (Å²) in [6, 6.07) is 6.60. The third kappa shape index (κ3) is 4.99. The van der Waals surface area contributed by atoms with Crippen molar-refractivity contribution < 1.29 is 19.4 Å². The first kappa shape index (κ1) is 20.7. The molecule has 27 heavy (non-hydrogen) atoms. The number of halogens is 1. The Morgan fingerprint density at radius 1 is 1.33 bits per heavy atom. The molecule has 0 spiro atoms. The van der Waals surface area contributed by atoms with Gasteiger partial charge >= 0.3 is 5.97 Å². The lowest BCUT2D eigenvalue weighted by Crippen LogP contribution is -2.35. The van der Waals surface area contributed by atoms with Crippen molar-refractivity contribution in [2.24, 2.45) is 5.92 Å². The van der Waals surface area contributed by atoms with Gasteiger partial charge in [-0.2, -0.15) is 5.10 Å². The summed E-state index contributed by atoms with van der Waals surface area (Å²) in [6.45, 7) is 1.59. The van der Waals surface area contributed by atoms with E-state index in [1.807, 2.05) is 0 Å². The predicted octanol–water partition coefficient (Wildman–Crippen LogP) is 0.945. The summed E-state index contributed by atoms with van der Waals surface area (Å²) in [6.07, 6.45) is 1.20. The van der Waals surface area contributed by atoms with Crippen LogP contribution in [0.5, 0.6) is 5.75 Å². The molecule has 4 N–H and O–H groups in total. The van der Waals surface area contributed by atoms with E-state index < -0.39 is 11.9 Å². The maximum atomic E-state index is 12.5. The number of hydrogen-bond acceptors (Lipinski definition) is 6. The number of amides is 1. The van der Waals surface area contributed by atoms with E-state index >= 15 is 0 Å². The first-order chi connectivity index (χ1) is 12.6. The predicted molar refractivity (Wildman–Crippen MR) is 101 cm³/mol. The fourth-order valence-corrected chi connectivity index (χ4v) is 3.03. The maximum Gasteiger partial charge on any atom is 0.310 e. The molecule has 2 aromatic rings. The second-order valence-electron chi connectivity index (χ2n) is 6.26. The van der Waals surface area contributed by atoms with E-state index in [1.165, 1.54) is 7.11 Å². The second-order valence-corrected chi connectivity index (χ2v) is 6.26. The monoisotopic (exact) mass is 394 g/mol. The second kappa shape index (κ2) is 9.38. The Bertz CT molecular complexity index is 791. The number of nitrogens with zero attached hydrogens (tertiary/aromatic N) is 1. The summed E-state index contributed by atoms with van der Waals surface area (Å²) < 4.78 is 4.85. The van der Waals surface area contributed by atoms with Crippen molar-refractivity contribution in [1.82, 2.24) is 20.8 Å². The third-order valence-corrected chi connectivity index (χ3v) is 4.48. The number of phenols is 1. The SMILES string of the molecule is COC(=O)C(CNC(=O)c1n[nH]c2c1CNCC2)Cc1ccc(O)cc1.Cl. The molecule has 1 aromatic heterocycles. The summed E-state index contributed by atoms with van der Waals surface area (Å²) in [7, 11) is 1.32. The number of carbonyl (C=O) groups is 2. The Kier molecular flexibility index (Phi) is 7.20. The molecule has 0 saturated carbocycles. The number of phenolic OH excluding ortho intramolecular Hbond substituents is 1. The van der Waals surface area contributed by atoms with Crippen LogP contribution in [0.3, 0.4) is 0 Å². The number of nitrogens with one attached hydrogen (secondary N) is 3. The van der Waals surface area contributed by atoms with Gasteiger partial charge in [-0.15, -0.1) is 12.4 Å². The zero-order valence-electron chi connectivity index (χ0n) is 14.9. The van der Waals surface area contributed by atoms with Crippen LogP contribution in [0.1, 0.15) is 27.3 Å². The van der Waals surface area contributed by atoms with Crippen LogP contribution in [-0.2, 0) is 28.9 Å². The minimum absolute atomic E-state index is 0. The molecule has 1 aliphatic rings. The number of methoxy groups -OCH3 is 1. The summed E-state index contributed by atoms with van der Waals surface area (Å²) in [5.74, 6) is -1.08. The number of carbonyl (C=O) groups excluding carboxylic acids is 2. The smallest absolute Gasteiger partial charge is 0.310 e. The molecule has 0 aliphatic carbocycles. The van der Waals surface area contributed by atoms with Gasteiger partial charge in [0.1, 0.15) is 5.75 Å². The number of aromatic nitrogens is 2. The van der Waals surface area contributed by atoms with Gasteiger partial charge in [-0.25, -0.2) is 0 Å². The molecule has 0 saturated heterocycles. The lowest BCUT2D eigenvalue weighted by Gasteiger charge is -2.16. The third-order valence-electron chi connectivity index (χ3n) is 4.48. The van der Waals surface area contributed by atoms with Crippen LogP contribution < -0.4 is 10.6 Å². The quantitative estimate of drug-likeness (QED) is 0.542. The Morgan fingerprint density at radius 3 is 2.78 bits per heavy atom. The van der Waals surface area contributed by atoms with Crippen LogP contribution >= 0.6 is 12.4 Å². The number of fused-ring (bicyclic) bond motifs is 1. The summed E-state index contributed by atoms with van der Waals surface area (Å²) >= 11 is 0. The Balaban J connectivity index is 0.00000261. The Hall–Kier alpha value is -2.58. The van der Waals surface area contributed by atoms with Crippen LogP contribution in [0, 0.1) is 5.92 Å². The molecule has 1 atom stereocenters. The first-order valence-electron chi connectivity index (χ1n) is 8.49. The fraction of sp³-hybridized carbons (Fsp3) is 0.389. The van der Waals surface area contributed by atoms with E-state index in [1.54, 1.807) is 24.3 Å². The lowest BCUT2D eigenvalue weighted by molar-refractivity contribution is -0.145. The number of aromatic amines is 1. The molecule has 9 heteroatoms.